The Morgan fingerprint density at radius 1 is 1.24 bits per heavy atom. The van der Waals surface area contributed by atoms with E-state index in [4.69, 9.17) is 4.74 Å². The van der Waals surface area contributed by atoms with Gasteiger partial charge in [-0.05, 0) is 42.0 Å². The summed E-state index contributed by atoms with van der Waals surface area (Å²) in [5.74, 6) is -0.264. The fraction of sp³-hybridized carbons (Fsp3) is 0.263. The third-order valence-corrected chi connectivity index (χ3v) is 5.31. The van der Waals surface area contributed by atoms with E-state index in [-0.39, 0.29) is 11.9 Å². The maximum Gasteiger partial charge on any atom is 0.185 e. The highest BCUT2D eigenvalue weighted by Crippen LogP contribution is 2.58. The van der Waals surface area contributed by atoms with Gasteiger partial charge in [0.05, 0.1) is 6.54 Å². The smallest absolute Gasteiger partial charge is 0.185 e. The molecule has 1 aromatic heterocycles. The SMILES string of the molecule is CSc1ncnn1CC1(c2cccc(F)c2)OC1c1ccccc1C. The molecule has 2 atom stereocenters. The molecule has 128 valence electrons. The van der Waals surface area contributed by atoms with Crippen molar-refractivity contribution < 1.29 is 9.13 Å². The summed E-state index contributed by atoms with van der Waals surface area (Å²) in [6.07, 6.45) is 3.37. The molecule has 2 aromatic carbocycles. The first-order valence-electron chi connectivity index (χ1n) is 8.05. The van der Waals surface area contributed by atoms with Crippen LogP contribution in [0.1, 0.15) is 22.8 Å². The van der Waals surface area contributed by atoms with E-state index in [0.29, 0.717) is 6.54 Å². The highest BCUT2D eigenvalue weighted by molar-refractivity contribution is 7.98. The van der Waals surface area contributed by atoms with Crippen molar-refractivity contribution in [3.05, 3.63) is 77.4 Å². The summed E-state index contributed by atoms with van der Waals surface area (Å²) in [6, 6.07) is 14.8. The van der Waals surface area contributed by atoms with Crippen molar-refractivity contribution in [2.24, 2.45) is 0 Å². The fourth-order valence-corrected chi connectivity index (χ4v) is 3.77. The van der Waals surface area contributed by atoms with Crippen LogP contribution in [0.4, 0.5) is 4.39 Å². The molecule has 1 fully saturated rings. The standard InChI is InChI=1S/C19H18FN3OS/c1-13-6-3-4-9-16(13)17-19(24-17,14-7-5-8-15(20)10-14)11-23-18(25-2)21-12-22-23/h3-10,12,17H,11H2,1-2H3. The zero-order chi connectivity index (χ0) is 17.4. The molecule has 25 heavy (non-hydrogen) atoms. The number of ether oxygens (including phenoxy) is 1. The van der Waals surface area contributed by atoms with Crippen LogP contribution in [0.25, 0.3) is 0 Å². The molecule has 0 aliphatic carbocycles. The van der Waals surface area contributed by atoms with Gasteiger partial charge in [0.1, 0.15) is 23.8 Å². The van der Waals surface area contributed by atoms with Gasteiger partial charge in [0, 0.05) is 0 Å². The summed E-state index contributed by atoms with van der Waals surface area (Å²) in [4.78, 5) is 4.26. The Bertz CT molecular complexity index is 913. The highest BCUT2D eigenvalue weighted by atomic mass is 32.2. The number of hydrogen-bond acceptors (Lipinski definition) is 4. The van der Waals surface area contributed by atoms with Gasteiger partial charge in [0.25, 0.3) is 0 Å². The first-order chi connectivity index (χ1) is 12.1. The molecule has 1 saturated heterocycles. The van der Waals surface area contributed by atoms with E-state index in [1.807, 2.05) is 29.1 Å². The highest BCUT2D eigenvalue weighted by Gasteiger charge is 2.59. The number of benzene rings is 2. The van der Waals surface area contributed by atoms with Gasteiger partial charge in [0.2, 0.25) is 0 Å². The number of aryl methyl sites for hydroxylation is 1. The molecule has 0 amide bonds. The number of epoxide rings is 1. The van der Waals surface area contributed by atoms with Gasteiger partial charge in [-0.1, -0.05) is 48.2 Å². The van der Waals surface area contributed by atoms with Crippen LogP contribution in [0, 0.1) is 12.7 Å². The largest absolute Gasteiger partial charge is 0.354 e. The number of nitrogens with zero attached hydrogens (tertiary/aromatic N) is 3. The second-order valence-electron chi connectivity index (χ2n) is 6.16. The molecule has 6 heteroatoms. The molecule has 0 bridgehead atoms. The summed E-state index contributed by atoms with van der Waals surface area (Å²) in [5.41, 5.74) is 2.47. The normalized spacial score (nSPS) is 22.1. The zero-order valence-corrected chi connectivity index (χ0v) is 14.8. The topological polar surface area (TPSA) is 43.2 Å². The number of rotatable bonds is 5. The second-order valence-corrected chi connectivity index (χ2v) is 6.93. The van der Waals surface area contributed by atoms with Crippen molar-refractivity contribution in [2.45, 2.75) is 30.3 Å². The van der Waals surface area contributed by atoms with Crippen molar-refractivity contribution in [1.29, 1.82) is 0 Å². The van der Waals surface area contributed by atoms with E-state index >= 15 is 0 Å². The summed E-state index contributed by atoms with van der Waals surface area (Å²) in [7, 11) is 0. The number of thioether (sulfide) groups is 1. The van der Waals surface area contributed by atoms with Crippen LogP contribution in [0.2, 0.25) is 0 Å². The number of aromatic nitrogens is 3. The summed E-state index contributed by atoms with van der Waals surface area (Å²) in [5, 5.41) is 5.14. The summed E-state index contributed by atoms with van der Waals surface area (Å²) >= 11 is 1.53. The molecular weight excluding hydrogens is 337 g/mol. The Hall–Kier alpha value is -2.18. The molecule has 4 rings (SSSR count). The van der Waals surface area contributed by atoms with Crippen LogP contribution in [-0.4, -0.2) is 21.0 Å². The van der Waals surface area contributed by atoms with Crippen molar-refractivity contribution in [1.82, 2.24) is 14.8 Å². The van der Waals surface area contributed by atoms with Gasteiger partial charge >= 0.3 is 0 Å². The molecule has 4 nitrogen and oxygen atoms in total. The van der Waals surface area contributed by atoms with Gasteiger partial charge in [-0.2, -0.15) is 5.10 Å². The maximum atomic E-state index is 13.9. The molecule has 1 aliphatic heterocycles. The predicted molar refractivity (Wildman–Crippen MR) is 94.9 cm³/mol. The average Bonchev–Trinajstić information content (AvgIpc) is 3.16. The second kappa shape index (κ2) is 6.28. The van der Waals surface area contributed by atoms with Gasteiger partial charge in [-0.15, -0.1) is 0 Å². The lowest BCUT2D eigenvalue weighted by Crippen LogP contribution is -2.21. The summed E-state index contributed by atoms with van der Waals surface area (Å²) < 4.78 is 21.9. The van der Waals surface area contributed by atoms with Gasteiger partial charge in [0.15, 0.2) is 5.16 Å². The Labute approximate surface area is 150 Å². The molecule has 1 aliphatic rings. The molecule has 0 saturated carbocycles. The van der Waals surface area contributed by atoms with Crippen molar-refractivity contribution in [2.75, 3.05) is 6.26 Å². The van der Waals surface area contributed by atoms with Crippen molar-refractivity contribution >= 4 is 11.8 Å². The predicted octanol–water partition coefficient (Wildman–Crippen LogP) is 4.11. The van der Waals surface area contributed by atoms with Crippen molar-refractivity contribution in [3.8, 4) is 0 Å². The Balaban J connectivity index is 1.77. The van der Waals surface area contributed by atoms with Crippen LogP contribution in [0.15, 0.2) is 60.0 Å². The molecule has 0 radical (unpaired) electrons. The van der Waals surface area contributed by atoms with E-state index in [9.17, 15) is 4.39 Å². The third kappa shape index (κ3) is 2.85. The average molecular weight is 355 g/mol. The lowest BCUT2D eigenvalue weighted by atomic mass is 9.90. The Morgan fingerprint density at radius 3 is 2.84 bits per heavy atom. The summed E-state index contributed by atoms with van der Waals surface area (Å²) in [6.45, 7) is 2.56. The van der Waals surface area contributed by atoms with Crippen LogP contribution >= 0.6 is 11.8 Å². The monoisotopic (exact) mass is 355 g/mol. The van der Waals surface area contributed by atoms with E-state index < -0.39 is 5.60 Å². The number of hydrogen-bond donors (Lipinski definition) is 0. The fourth-order valence-electron chi connectivity index (χ4n) is 3.30. The minimum Gasteiger partial charge on any atom is -0.354 e. The molecule has 0 N–H and O–H groups in total. The zero-order valence-electron chi connectivity index (χ0n) is 14.0. The lowest BCUT2D eigenvalue weighted by molar-refractivity contribution is 0.256. The Morgan fingerprint density at radius 2 is 2.08 bits per heavy atom. The Kier molecular flexibility index (Phi) is 4.09. The number of halogens is 1. The molecule has 2 unspecified atom stereocenters. The van der Waals surface area contributed by atoms with Crippen molar-refractivity contribution in [3.63, 3.8) is 0 Å². The lowest BCUT2D eigenvalue weighted by Gasteiger charge is -2.16. The molecule has 3 aromatic rings. The molecular formula is C19H18FN3OS. The first kappa shape index (κ1) is 16.3. The van der Waals surface area contributed by atoms with Gasteiger partial charge < -0.3 is 4.74 Å². The minimum absolute atomic E-state index is 0.130. The van der Waals surface area contributed by atoms with E-state index in [2.05, 4.69) is 29.1 Å². The van der Waals surface area contributed by atoms with Crippen LogP contribution < -0.4 is 0 Å². The van der Waals surface area contributed by atoms with E-state index in [1.165, 1.54) is 24.2 Å². The van der Waals surface area contributed by atoms with E-state index in [1.54, 1.807) is 12.1 Å². The van der Waals surface area contributed by atoms with Gasteiger partial charge in [-0.3, -0.25) is 0 Å². The van der Waals surface area contributed by atoms with E-state index in [0.717, 1.165) is 21.8 Å². The van der Waals surface area contributed by atoms with Crippen LogP contribution in [0.3, 0.4) is 0 Å². The molecule has 2 heterocycles. The first-order valence-corrected chi connectivity index (χ1v) is 9.28. The quantitative estimate of drug-likeness (QED) is 0.510. The van der Waals surface area contributed by atoms with Gasteiger partial charge in [-0.25, -0.2) is 14.1 Å². The van der Waals surface area contributed by atoms with Crippen LogP contribution in [-0.2, 0) is 16.9 Å². The minimum atomic E-state index is -0.633. The van der Waals surface area contributed by atoms with Crippen LogP contribution in [0.5, 0.6) is 0 Å². The molecule has 0 spiro atoms. The maximum absolute atomic E-state index is 13.9. The third-order valence-electron chi connectivity index (χ3n) is 4.63.